The molecule has 0 spiro atoms. The fraction of sp³-hybridized carbons (Fsp3) is 0.542. The third kappa shape index (κ3) is 7.21. The minimum absolute atomic E-state index is 0.0855. The van der Waals surface area contributed by atoms with Crippen molar-refractivity contribution in [2.45, 2.75) is 72.3 Å². The third-order valence-corrected chi connectivity index (χ3v) is 5.43. The Balaban J connectivity index is 2.42. The van der Waals surface area contributed by atoms with Crippen molar-refractivity contribution in [2.75, 3.05) is 5.01 Å². The van der Waals surface area contributed by atoms with Crippen LogP contribution in [0.2, 0.25) is 0 Å². The van der Waals surface area contributed by atoms with Gasteiger partial charge >= 0.3 is 5.69 Å². The van der Waals surface area contributed by atoms with Crippen LogP contribution in [0.1, 0.15) is 64.6 Å². The quantitative estimate of drug-likeness (QED) is 0.286. The summed E-state index contributed by atoms with van der Waals surface area (Å²) in [5, 5.41) is 21.2. The van der Waals surface area contributed by atoms with E-state index in [1.807, 2.05) is 58.0 Å². The zero-order valence-corrected chi connectivity index (χ0v) is 19.9. The first-order chi connectivity index (χ1) is 15.6. The second-order valence-corrected chi connectivity index (χ2v) is 9.18. The van der Waals surface area contributed by atoms with E-state index >= 15 is 0 Å². The number of hydrogen-bond acceptors (Lipinski definition) is 5. The molecule has 0 unspecified atom stereocenters. The van der Waals surface area contributed by atoms with Crippen molar-refractivity contribution >= 4 is 11.8 Å². The Morgan fingerprint density at radius 1 is 1.09 bits per heavy atom. The summed E-state index contributed by atoms with van der Waals surface area (Å²) in [4.78, 5) is 41.3. The average molecular weight is 461 g/mol. The van der Waals surface area contributed by atoms with Gasteiger partial charge in [-0.15, -0.1) is 0 Å². The summed E-state index contributed by atoms with van der Waals surface area (Å²) in [6.45, 7) is 7.81. The predicted molar refractivity (Wildman–Crippen MR) is 126 cm³/mol. The summed E-state index contributed by atoms with van der Waals surface area (Å²) in [6, 6.07) is 8.51. The number of aromatic amines is 1. The molecule has 2 amide bonds. The number of aryl methyl sites for hydroxylation is 1. The Bertz CT molecular complexity index is 965. The molecule has 0 fully saturated rings. The molecule has 0 aliphatic rings. The van der Waals surface area contributed by atoms with Gasteiger partial charge < -0.3 is 10.1 Å². The molecular weight excluding hydrogens is 424 g/mol. The van der Waals surface area contributed by atoms with Crippen LogP contribution in [-0.4, -0.2) is 37.8 Å². The zero-order chi connectivity index (χ0) is 24.5. The van der Waals surface area contributed by atoms with E-state index in [0.29, 0.717) is 31.4 Å². The number of imidazole rings is 1. The van der Waals surface area contributed by atoms with E-state index < -0.39 is 29.4 Å². The second kappa shape index (κ2) is 12.2. The van der Waals surface area contributed by atoms with E-state index in [0.717, 1.165) is 15.2 Å². The highest BCUT2D eigenvalue weighted by molar-refractivity contribution is 5.94. The van der Waals surface area contributed by atoms with E-state index in [1.165, 1.54) is 0 Å². The molecule has 2 aromatic rings. The van der Waals surface area contributed by atoms with Crippen LogP contribution in [0.25, 0.3) is 0 Å². The average Bonchev–Trinajstić information content (AvgIpc) is 3.04. The molecule has 1 heterocycles. The number of amides is 2. The van der Waals surface area contributed by atoms with Crippen molar-refractivity contribution in [1.82, 2.24) is 15.1 Å². The van der Waals surface area contributed by atoms with Crippen molar-refractivity contribution in [2.24, 2.45) is 11.8 Å². The van der Waals surface area contributed by atoms with Crippen LogP contribution in [0.4, 0.5) is 0 Å². The smallest absolute Gasteiger partial charge is 0.348 e. The zero-order valence-electron chi connectivity index (χ0n) is 19.9. The summed E-state index contributed by atoms with van der Waals surface area (Å²) in [7, 11) is 0. The van der Waals surface area contributed by atoms with Gasteiger partial charge in [-0.3, -0.25) is 14.8 Å². The van der Waals surface area contributed by atoms with Gasteiger partial charge in [0.1, 0.15) is 6.04 Å². The maximum Gasteiger partial charge on any atom is 0.348 e. The molecule has 0 aliphatic heterocycles. The van der Waals surface area contributed by atoms with E-state index in [2.05, 4.69) is 4.98 Å². The molecule has 0 aliphatic carbocycles. The van der Waals surface area contributed by atoms with Gasteiger partial charge in [0.05, 0.1) is 5.69 Å². The molecule has 33 heavy (non-hydrogen) atoms. The molecule has 9 heteroatoms. The molecule has 0 saturated carbocycles. The lowest BCUT2D eigenvalue weighted by Gasteiger charge is -2.30. The first-order valence-corrected chi connectivity index (χ1v) is 11.5. The molecule has 1 aromatic carbocycles. The fourth-order valence-electron chi connectivity index (χ4n) is 3.75. The number of carbonyl (C=O) groups is 2. The first kappa shape index (κ1) is 26.2. The van der Waals surface area contributed by atoms with Gasteiger partial charge in [-0.1, -0.05) is 58.0 Å². The van der Waals surface area contributed by atoms with Crippen molar-refractivity contribution < 1.29 is 19.9 Å². The van der Waals surface area contributed by atoms with Gasteiger partial charge in [0.15, 0.2) is 0 Å². The van der Waals surface area contributed by atoms with Gasteiger partial charge in [0.2, 0.25) is 11.8 Å². The Morgan fingerprint density at radius 3 is 2.33 bits per heavy atom. The van der Waals surface area contributed by atoms with Crippen LogP contribution in [0.5, 0.6) is 5.88 Å². The van der Waals surface area contributed by atoms with Crippen molar-refractivity contribution in [3.63, 3.8) is 0 Å². The maximum absolute atomic E-state index is 13.3. The molecule has 0 saturated heterocycles. The van der Waals surface area contributed by atoms with Crippen LogP contribution in [-0.2, 0) is 22.4 Å². The molecular formula is C24H36N4O5. The van der Waals surface area contributed by atoms with Crippen LogP contribution >= 0.6 is 0 Å². The van der Waals surface area contributed by atoms with Gasteiger partial charge in [0.25, 0.3) is 5.91 Å². The molecule has 1 atom stereocenters. The van der Waals surface area contributed by atoms with E-state index in [1.54, 1.807) is 5.48 Å². The van der Waals surface area contributed by atoms with E-state index in [4.69, 9.17) is 0 Å². The largest absolute Gasteiger partial charge is 0.492 e. The number of nitrogens with zero attached hydrogens (tertiary/aromatic N) is 2. The highest BCUT2D eigenvalue weighted by atomic mass is 16.5. The normalized spacial score (nSPS) is 12.2. The Labute approximate surface area is 194 Å². The minimum atomic E-state index is -1.18. The number of rotatable bonds is 12. The number of carbonyl (C=O) groups excluding carboxylic acids is 2. The molecule has 4 N–H and O–H groups in total. The Kier molecular flexibility index (Phi) is 9.72. The minimum Gasteiger partial charge on any atom is -0.492 e. The van der Waals surface area contributed by atoms with Crippen LogP contribution < -0.4 is 16.2 Å². The van der Waals surface area contributed by atoms with Crippen LogP contribution in [0, 0.1) is 11.8 Å². The topological polar surface area (TPSA) is 128 Å². The summed E-state index contributed by atoms with van der Waals surface area (Å²) >= 11 is 0. The number of hydrogen-bond donors (Lipinski definition) is 4. The monoisotopic (exact) mass is 460 g/mol. The number of aromatic hydroxyl groups is 1. The molecule has 1 aromatic heterocycles. The van der Waals surface area contributed by atoms with Gasteiger partial charge in [-0.2, -0.15) is 4.68 Å². The molecule has 182 valence electrons. The SMILES string of the molecule is CC(C)CCC(=O)N([C@@H](CCCc1ccccc1)C(=O)NO)n1c(O)c(CC(C)C)[nH]c1=O. The van der Waals surface area contributed by atoms with Crippen LogP contribution in [0.3, 0.4) is 0 Å². The molecule has 0 bridgehead atoms. The molecule has 9 nitrogen and oxygen atoms in total. The van der Waals surface area contributed by atoms with E-state index in [9.17, 15) is 24.7 Å². The van der Waals surface area contributed by atoms with Gasteiger partial charge in [0, 0.05) is 6.42 Å². The van der Waals surface area contributed by atoms with Crippen LogP contribution in [0.15, 0.2) is 35.1 Å². The fourth-order valence-corrected chi connectivity index (χ4v) is 3.75. The lowest BCUT2D eigenvalue weighted by Crippen LogP contribution is -2.57. The number of H-pyrrole nitrogens is 1. The van der Waals surface area contributed by atoms with Gasteiger partial charge in [-0.05, 0) is 49.5 Å². The summed E-state index contributed by atoms with van der Waals surface area (Å²) in [5.41, 5.74) is 2.28. The third-order valence-electron chi connectivity index (χ3n) is 5.43. The molecule has 2 rings (SSSR count). The number of hydroxylamine groups is 1. The lowest BCUT2D eigenvalue weighted by atomic mass is 10.0. The van der Waals surface area contributed by atoms with Gasteiger partial charge in [-0.25, -0.2) is 15.3 Å². The van der Waals surface area contributed by atoms with Crippen molar-refractivity contribution in [3.8, 4) is 5.88 Å². The van der Waals surface area contributed by atoms with Crippen molar-refractivity contribution in [3.05, 3.63) is 52.1 Å². The highest BCUT2D eigenvalue weighted by Crippen LogP contribution is 2.21. The second-order valence-electron chi connectivity index (χ2n) is 9.18. The maximum atomic E-state index is 13.3. The van der Waals surface area contributed by atoms with E-state index in [-0.39, 0.29) is 24.7 Å². The standard InChI is InChI=1S/C24H36N4O5/c1-16(2)13-14-21(29)27(28-23(31)19(15-17(3)4)25-24(28)32)20(22(30)26-33)12-8-11-18-9-6-5-7-10-18/h5-7,9-10,16-17,20,31,33H,8,11-15H2,1-4H3,(H,25,32)(H,26,30)/t20-/m0/s1. The first-order valence-electron chi connectivity index (χ1n) is 11.5. The molecule has 0 radical (unpaired) electrons. The number of nitrogens with one attached hydrogen (secondary N) is 2. The van der Waals surface area contributed by atoms with Crippen molar-refractivity contribution in [1.29, 1.82) is 0 Å². The number of benzene rings is 1. The summed E-state index contributed by atoms with van der Waals surface area (Å²) in [6.07, 6.45) is 2.39. The Morgan fingerprint density at radius 2 is 1.76 bits per heavy atom. The predicted octanol–water partition coefficient (Wildman–Crippen LogP) is 2.88. The summed E-state index contributed by atoms with van der Waals surface area (Å²) in [5.74, 6) is -1.32. The Hall–Kier alpha value is -3.07. The number of aromatic nitrogens is 2. The highest BCUT2D eigenvalue weighted by Gasteiger charge is 2.34. The summed E-state index contributed by atoms with van der Waals surface area (Å²) < 4.78 is 0.836. The lowest BCUT2D eigenvalue weighted by molar-refractivity contribution is -0.134.